The Morgan fingerprint density at radius 1 is 1.28 bits per heavy atom. The van der Waals surface area contributed by atoms with E-state index in [0.717, 1.165) is 38.4 Å². The van der Waals surface area contributed by atoms with Crippen molar-refractivity contribution in [1.82, 2.24) is 15.3 Å². The molecule has 2 aliphatic rings. The van der Waals surface area contributed by atoms with E-state index < -0.39 is 11.9 Å². The molecule has 2 fully saturated rings. The van der Waals surface area contributed by atoms with E-state index in [2.05, 4.69) is 15.3 Å². The Balaban J connectivity index is 1.88. The van der Waals surface area contributed by atoms with Crippen LogP contribution in [0.4, 0.5) is 19.0 Å². The summed E-state index contributed by atoms with van der Waals surface area (Å²) in [6, 6.07) is 1.31. The fraction of sp³-hybridized carbons (Fsp3) is 0.636. The van der Waals surface area contributed by atoms with E-state index in [1.165, 1.54) is 0 Å². The van der Waals surface area contributed by atoms with Crippen LogP contribution in [0, 0.1) is 5.92 Å². The monoisotopic (exact) mass is 258 g/mol. The standard InChI is InChI=1S/C11H13F3N4/c12-11(13,14)9-3-10(17-6-16-9)18-2-1-7-4-15-5-8(7)18/h3,6-8,15H,1-2,4-5H2/t7-,8+/m0/s1. The molecule has 2 atom stereocenters. The number of hydrogen-bond acceptors (Lipinski definition) is 4. The minimum Gasteiger partial charge on any atom is -0.352 e. The van der Waals surface area contributed by atoms with Crippen LogP contribution in [0.3, 0.4) is 0 Å². The van der Waals surface area contributed by atoms with Crippen LogP contribution in [0.2, 0.25) is 0 Å². The van der Waals surface area contributed by atoms with Crippen molar-refractivity contribution in [3.63, 3.8) is 0 Å². The molecule has 4 nitrogen and oxygen atoms in total. The molecule has 0 aromatic carbocycles. The molecule has 3 rings (SSSR count). The van der Waals surface area contributed by atoms with Gasteiger partial charge in [0.2, 0.25) is 0 Å². The Bertz CT molecular complexity index is 448. The third-order valence-corrected chi connectivity index (χ3v) is 3.68. The maximum atomic E-state index is 12.6. The molecule has 0 unspecified atom stereocenters. The van der Waals surface area contributed by atoms with Gasteiger partial charge in [-0.3, -0.25) is 0 Å². The molecule has 0 saturated carbocycles. The zero-order chi connectivity index (χ0) is 12.8. The number of rotatable bonds is 1. The van der Waals surface area contributed by atoms with Crippen molar-refractivity contribution >= 4 is 5.82 Å². The number of hydrogen-bond donors (Lipinski definition) is 1. The lowest BCUT2D eigenvalue weighted by atomic mass is 10.1. The quantitative estimate of drug-likeness (QED) is 0.824. The van der Waals surface area contributed by atoms with Crippen molar-refractivity contribution in [2.75, 3.05) is 24.5 Å². The highest BCUT2D eigenvalue weighted by atomic mass is 19.4. The van der Waals surface area contributed by atoms with Gasteiger partial charge in [0.05, 0.1) is 0 Å². The summed E-state index contributed by atoms with van der Waals surface area (Å²) in [5.74, 6) is 0.905. The van der Waals surface area contributed by atoms with Gasteiger partial charge in [-0.15, -0.1) is 0 Å². The number of aromatic nitrogens is 2. The van der Waals surface area contributed by atoms with Gasteiger partial charge in [0.25, 0.3) is 0 Å². The van der Waals surface area contributed by atoms with Crippen LogP contribution in [0.5, 0.6) is 0 Å². The van der Waals surface area contributed by atoms with Crippen molar-refractivity contribution in [3.05, 3.63) is 18.1 Å². The van der Waals surface area contributed by atoms with Gasteiger partial charge in [-0.05, 0) is 12.3 Å². The van der Waals surface area contributed by atoms with E-state index in [4.69, 9.17) is 0 Å². The number of nitrogens with one attached hydrogen (secondary N) is 1. The molecule has 1 N–H and O–H groups in total. The van der Waals surface area contributed by atoms with Crippen LogP contribution < -0.4 is 10.2 Å². The highest BCUT2D eigenvalue weighted by Crippen LogP contribution is 2.33. The molecule has 2 aliphatic heterocycles. The van der Waals surface area contributed by atoms with Crippen molar-refractivity contribution in [3.8, 4) is 0 Å². The van der Waals surface area contributed by atoms with Crippen molar-refractivity contribution in [1.29, 1.82) is 0 Å². The topological polar surface area (TPSA) is 41.0 Å². The molecule has 0 radical (unpaired) electrons. The molecule has 0 spiro atoms. The molecular weight excluding hydrogens is 245 g/mol. The smallest absolute Gasteiger partial charge is 0.352 e. The van der Waals surface area contributed by atoms with Gasteiger partial charge < -0.3 is 10.2 Å². The normalized spacial score (nSPS) is 27.6. The first-order valence-electron chi connectivity index (χ1n) is 5.92. The maximum absolute atomic E-state index is 12.6. The SMILES string of the molecule is FC(F)(F)c1cc(N2CC[C@H]3CNC[C@H]32)ncn1. The first-order chi connectivity index (χ1) is 8.55. The molecule has 0 amide bonds. The number of alkyl halides is 3. The van der Waals surface area contributed by atoms with E-state index >= 15 is 0 Å². The minimum atomic E-state index is -4.41. The van der Waals surface area contributed by atoms with Crippen LogP contribution in [0.15, 0.2) is 12.4 Å². The van der Waals surface area contributed by atoms with Crippen LogP contribution in [0.25, 0.3) is 0 Å². The Morgan fingerprint density at radius 2 is 2.11 bits per heavy atom. The molecule has 1 aromatic rings. The first kappa shape index (κ1) is 11.7. The van der Waals surface area contributed by atoms with E-state index in [1.807, 2.05) is 4.90 Å². The van der Waals surface area contributed by atoms with Crippen LogP contribution >= 0.6 is 0 Å². The molecular formula is C11H13F3N4. The Labute approximate surface area is 102 Å². The van der Waals surface area contributed by atoms with Gasteiger partial charge in [0.1, 0.15) is 17.8 Å². The minimum absolute atomic E-state index is 0.265. The highest BCUT2D eigenvalue weighted by molar-refractivity contribution is 5.43. The molecule has 0 aliphatic carbocycles. The lowest BCUT2D eigenvalue weighted by Gasteiger charge is -2.24. The van der Waals surface area contributed by atoms with Gasteiger partial charge in [0, 0.05) is 31.7 Å². The highest BCUT2D eigenvalue weighted by Gasteiger charge is 2.39. The zero-order valence-electron chi connectivity index (χ0n) is 9.61. The van der Waals surface area contributed by atoms with E-state index in [9.17, 15) is 13.2 Å². The van der Waals surface area contributed by atoms with Gasteiger partial charge in [-0.1, -0.05) is 0 Å². The molecule has 98 valence electrons. The van der Waals surface area contributed by atoms with Crippen molar-refractivity contribution in [2.45, 2.75) is 18.6 Å². The molecule has 18 heavy (non-hydrogen) atoms. The van der Waals surface area contributed by atoms with Gasteiger partial charge in [-0.2, -0.15) is 13.2 Å². The second kappa shape index (κ2) is 4.08. The number of fused-ring (bicyclic) bond motifs is 1. The summed E-state index contributed by atoms with van der Waals surface area (Å²) in [6.45, 7) is 2.53. The molecule has 7 heteroatoms. The summed E-state index contributed by atoms with van der Waals surface area (Å²) in [4.78, 5) is 9.23. The lowest BCUT2D eigenvalue weighted by molar-refractivity contribution is -0.141. The van der Waals surface area contributed by atoms with Gasteiger partial charge in [-0.25, -0.2) is 9.97 Å². The molecule has 0 bridgehead atoms. The van der Waals surface area contributed by atoms with E-state index in [1.54, 1.807) is 0 Å². The average molecular weight is 258 g/mol. The van der Waals surface area contributed by atoms with Crippen molar-refractivity contribution < 1.29 is 13.2 Å². The Morgan fingerprint density at radius 3 is 2.89 bits per heavy atom. The Kier molecular flexibility index (Phi) is 2.65. The predicted octanol–water partition coefficient (Wildman–Crippen LogP) is 1.29. The average Bonchev–Trinajstić information content (AvgIpc) is 2.89. The summed E-state index contributed by atoms with van der Waals surface area (Å²) in [7, 11) is 0. The predicted molar refractivity (Wildman–Crippen MR) is 59.1 cm³/mol. The lowest BCUT2D eigenvalue weighted by Crippen LogP contribution is -2.35. The van der Waals surface area contributed by atoms with Crippen LogP contribution in [-0.2, 0) is 6.18 Å². The molecule has 2 saturated heterocycles. The van der Waals surface area contributed by atoms with E-state index in [0.29, 0.717) is 11.7 Å². The second-order valence-electron chi connectivity index (χ2n) is 4.73. The first-order valence-corrected chi connectivity index (χ1v) is 5.92. The fourth-order valence-corrected chi connectivity index (χ4v) is 2.79. The summed E-state index contributed by atoms with van der Waals surface area (Å²) < 4.78 is 37.8. The fourth-order valence-electron chi connectivity index (χ4n) is 2.79. The third kappa shape index (κ3) is 1.92. The summed E-state index contributed by atoms with van der Waals surface area (Å²) in [6.07, 6.45) is -2.42. The summed E-state index contributed by atoms with van der Waals surface area (Å²) in [5, 5.41) is 3.26. The van der Waals surface area contributed by atoms with Gasteiger partial charge >= 0.3 is 6.18 Å². The van der Waals surface area contributed by atoms with Gasteiger partial charge in [0.15, 0.2) is 0 Å². The third-order valence-electron chi connectivity index (χ3n) is 3.68. The molecule has 1 aromatic heterocycles. The van der Waals surface area contributed by atoms with Crippen LogP contribution in [0.1, 0.15) is 12.1 Å². The molecule has 3 heterocycles. The Hall–Kier alpha value is -1.37. The number of nitrogens with zero attached hydrogens (tertiary/aromatic N) is 3. The number of anilines is 1. The second-order valence-corrected chi connectivity index (χ2v) is 4.73. The maximum Gasteiger partial charge on any atom is 0.433 e. The zero-order valence-corrected chi connectivity index (χ0v) is 9.61. The largest absolute Gasteiger partial charge is 0.433 e. The summed E-state index contributed by atoms with van der Waals surface area (Å²) in [5.41, 5.74) is -0.873. The van der Waals surface area contributed by atoms with E-state index in [-0.39, 0.29) is 6.04 Å². The van der Waals surface area contributed by atoms with Crippen molar-refractivity contribution in [2.24, 2.45) is 5.92 Å². The van der Waals surface area contributed by atoms with Crippen LogP contribution in [-0.4, -0.2) is 35.6 Å². The summed E-state index contributed by atoms with van der Waals surface area (Å²) >= 11 is 0. The number of halogens is 3.